The van der Waals surface area contributed by atoms with Crippen molar-refractivity contribution in [2.75, 3.05) is 13.2 Å². The Morgan fingerprint density at radius 1 is 0.292 bits per heavy atom. The Kier molecular flexibility index (Phi) is 56.4. The first kappa shape index (κ1) is 68.1. The minimum Gasteiger partial charge on any atom is -0.462 e. The fourth-order valence-corrected chi connectivity index (χ4v) is 8.12. The summed E-state index contributed by atoms with van der Waals surface area (Å²) in [7, 11) is 0. The van der Waals surface area contributed by atoms with Gasteiger partial charge in [0, 0.05) is 19.3 Å². The number of esters is 3. The molecule has 0 rings (SSSR count). The predicted octanol–water partition coefficient (Wildman–Crippen LogP) is 20.3. The molecule has 0 N–H and O–H groups in total. The van der Waals surface area contributed by atoms with Crippen LogP contribution in [0.3, 0.4) is 0 Å². The molecule has 0 amide bonds. The molecular formula is C66H110O6. The third-order valence-electron chi connectivity index (χ3n) is 12.5. The average molecular weight is 1000 g/mol. The van der Waals surface area contributed by atoms with Crippen LogP contribution < -0.4 is 0 Å². The topological polar surface area (TPSA) is 78.9 Å². The Balaban J connectivity index is 4.48. The lowest BCUT2D eigenvalue weighted by Gasteiger charge is -2.18. The molecule has 0 bridgehead atoms. The molecule has 0 aliphatic rings. The predicted molar refractivity (Wildman–Crippen MR) is 311 cm³/mol. The van der Waals surface area contributed by atoms with Gasteiger partial charge in [-0.2, -0.15) is 0 Å². The molecule has 0 aromatic heterocycles. The molecule has 0 aromatic rings. The van der Waals surface area contributed by atoms with Gasteiger partial charge in [0.05, 0.1) is 0 Å². The first-order valence-electron chi connectivity index (χ1n) is 29.9. The van der Waals surface area contributed by atoms with E-state index in [0.717, 1.165) is 116 Å². The van der Waals surface area contributed by atoms with Crippen LogP contribution in [0.15, 0.2) is 109 Å². The zero-order chi connectivity index (χ0) is 52.2. The van der Waals surface area contributed by atoms with E-state index in [-0.39, 0.29) is 37.5 Å². The van der Waals surface area contributed by atoms with Crippen molar-refractivity contribution in [1.82, 2.24) is 0 Å². The molecule has 6 nitrogen and oxygen atoms in total. The van der Waals surface area contributed by atoms with E-state index in [0.29, 0.717) is 19.3 Å². The van der Waals surface area contributed by atoms with Crippen LogP contribution in [-0.2, 0) is 28.6 Å². The van der Waals surface area contributed by atoms with Crippen LogP contribution in [0.2, 0.25) is 0 Å². The minimum atomic E-state index is -0.808. The van der Waals surface area contributed by atoms with Crippen LogP contribution in [0.25, 0.3) is 0 Å². The number of carbonyl (C=O) groups excluding carboxylic acids is 3. The van der Waals surface area contributed by atoms with E-state index >= 15 is 0 Å². The average Bonchev–Trinajstić information content (AvgIpc) is 3.38. The molecule has 410 valence electrons. The summed E-state index contributed by atoms with van der Waals surface area (Å²) in [5, 5.41) is 0. The van der Waals surface area contributed by atoms with Crippen LogP contribution >= 0.6 is 0 Å². The van der Waals surface area contributed by atoms with Gasteiger partial charge in [-0.1, -0.05) is 265 Å². The summed E-state index contributed by atoms with van der Waals surface area (Å²) in [6.07, 6.45) is 80.9. The maximum Gasteiger partial charge on any atom is 0.306 e. The number of hydrogen-bond donors (Lipinski definition) is 0. The van der Waals surface area contributed by atoms with Gasteiger partial charge in [-0.25, -0.2) is 0 Å². The first-order valence-corrected chi connectivity index (χ1v) is 29.9. The van der Waals surface area contributed by atoms with Gasteiger partial charge in [0.15, 0.2) is 6.10 Å². The Labute approximate surface area is 444 Å². The highest BCUT2D eigenvalue weighted by Gasteiger charge is 2.19. The monoisotopic (exact) mass is 999 g/mol. The normalized spacial score (nSPS) is 12.9. The summed E-state index contributed by atoms with van der Waals surface area (Å²) in [4.78, 5) is 38.2. The van der Waals surface area contributed by atoms with Gasteiger partial charge >= 0.3 is 17.9 Å². The van der Waals surface area contributed by atoms with Crippen molar-refractivity contribution in [3.8, 4) is 0 Å². The molecule has 1 atom stereocenters. The Bertz CT molecular complexity index is 1470. The molecule has 1 unspecified atom stereocenters. The molecule has 6 heteroatoms. The number of hydrogen-bond acceptors (Lipinski definition) is 6. The second kappa shape index (κ2) is 59.6. The maximum atomic E-state index is 12.9. The summed E-state index contributed by atoms with van der Waals surface area (Å²) in [6.45, 7) is 6.37. The molecule has 0 heterocycles. The SMILES string of the molecule is CC/C=C\C/C=C\C/C=C\C/C=C\C/C=C\CCCC(=O)OCC(COC(=O)CCCCCCCC/C=C\C/C=C\C/C=C\C/C=C\CC)OC(=O)CCCCCCCCCCCCCCCCCCCC. The highest BCUT2D eigenvalue weighted by molar-refractivity contribution is 5.71. The van der Waals surface area contributed by atoms with E-state index in [9.17, 15) is 14.4 Å². The zero-order valence-corrected chi connectivity index (χ0v) is 46.9. The largest absolute Gasteiger partial charge is 0.462 e. The smallest absolute Gasteiger partial charge is 0.306 e. The zero-order valence-electron chi connectivity index (χ0n) is 46.9. The van der Waals surface area contributed by atoms with E-state index in [4.69, 9.17) is 14.2 Å². The molecule has 0 aliphatic heterocycles. The number of unbranched alkanes of at least 4 members (excludes halogenated alkanes) is 24. The van der Waals surface area contributed by atoms with Gasteiger partial charge < -0.3 is 14.2 Å². The van der Waals surface area contributed by atoms with E-state index in [2.05, 4.69) is 130 Å². The van der Waals surface area contributed by atoms with Gasteiger partial charge in [0.1, 0.15) is 13.2 Å². The third-order valence-corrected chi connectivity index (χ3v) is 12.5. The number of rotatable bonds is 53. The summed E-state index contributed by atoms with van der Waals surface area (Å²) in [5.74, 6) is -0.970. The minimum absolute atomic E-state index is 0.103. The Morgan fingerprint density at radius 2 is 0.556 bits per heavy atom. The lowest BCUT2D eigenvalue weighted by molar-refractivity contribution is -0.167. The van der Waals surface area contributed by atoms with Gasteiger partial charge in [0.25, 0.3) is 0 Å². The Morgan fingerprint density at radius 3 is 0.903 bits per heavy atom. The van der Waals surface area contributed by atoms with Crippen molar-refractivity contribution >= 4 is 17.9 Å². The van der Waals surface area contributed by atoms with E-state index < -0.39 is 6.10 Å². The molecule has 0 radical (unpaired) electrons. The van der Waals surface area contributed by atoms with Crippen molar-refractivity contribution in [2.45, 2.75) is 277 Å². The third kappa shape index (κ3) is 57.0. The molecule has 72 heavy (non-hydrogen) atoms. The van der Waals surface area contributed by atoms with Crippen LogP contribution in [0.4, 0.5) is 0 Å². The summed E-state index contributed by atoms with van der Waals surface area (Å²) >= 11 is 0. The van der Waals surface area contributed by atoms with E-state index in [1.54, 1.807) is 0 Å². The van der Waals surface area contributed by atoms with Gasteiger partial charge in [-0.3, -0.25) is 14.4 Å². The fourth-order valence-electron chi connectivity index (χ4n) is 8.12. The maximum absolute atomic E-state index is 12.9. The van der Waals surface area contributed by atoms with Crippen molar-refractivity contribution in [3.63, 3.8) is 0 Å². The number of allylic oxidation sites excluding steroid dienone is 18. The highest BCUT2D eigenvalue weighted by Crippen LogP contribution is 2.16. The van der Waals surface area contributed by atoms with E-state index in [1.165, 1.54) is 109 Å². The summed E-state index contributed by atoms with van der Waals surface area (Å²) in [5.41, 5.74) is 0. The van der Waals surface area contributed by atoms with Gasteiger partial charge in [-0.05, 0) is 96.3 Å². The highest BCUT2D eigenvalue weighted by atomic mass is 16.6. The van der Waals surface area contributed by atoms with Gasteiger partial charge in [0.2, 0.25) is 0 Å². The second-order valence-electron chi connectivity index (χ2n) is 19.5. The van der Waals surface area contributed by atoms with Crippen LogP contribution in [0.1, 0.15) is 271 Å². The molecular weight excluding hydrogens is 889 g/mol. The molecule has 0 spiro atoms. The van der Waals surface area contributed by atoms with Crippen LogP contribution in [-0.4, -0.2) is 37.2 Å². The van der Waals surface area contributed by atoms with Crippen molar-refractivity contribution in [3.05, 3.63) is 109 Å². The van der Waals surface area contributed by atoms with Crippen LogP contribution in [0.5, 0.6) is 0 Å². The Hall–Kier alpha value is -3.93. The number of carbonyl (C=O) groups is 3. The molecule has 0 fully saturated rings. The van der Waals surface area contributed by atoms with Crippen molar-refractivity contribution in [2.24, 2.45) is 0 Å². The fraction of sp³-hybridized carbons (Fsp3) is 0.682. The molecule has 0 saturated heterocycles. The molecule has 0 aromatic carbocycles. The standard InChI is InChI=1S/C66H110O6/c1-4-7-10-13-16-19-22-25-28-31-33-36-38-41-44-47-50-53-56-59-65(68)71-62-63(61-70-64(67)58-55-52-49-46-43-40-37-34-30-27-24-21-18-15-12-9-6-3)72-66(69)60-57-54-51-48-45-42-39-35-32-29-26-23-20-17-14-11-8-5-2/h7,9-10,12,16,18-19,21,25,27-28,30,33,36-37,40,46,49,63H,4-6,8,11,13-15,17,20,22-24,26,29,31-32,34-35,38-39,41-45,47-48,50-62H2,1-3H3/b10-7-,12-9-,19-16-,21-18-,28-25-,30-27-,36-33-,40-37-,49-46-. The van der Waals surface area contributed by atoms with Crippen molar-refractivity contribution in [1.29, 1.82) is 0 Å². The van der Waals surface area contributed by atoms with Gasteiger partial charge in [-0.15, -0.1) is 0 Å². The summed E-state index contributed by atoms with van der Waals surface area (Å²) in [6, 6.07) is 0. The van der Waals surface area contributed by atoms with Crippen LogP contribution in [0, 0.1) is 0 Å². The number of ether oxygens (including phenoxy) is 3. The molecule has 0 aliphatic carbocycles. The second-order valence-corrected chi connectivity index (χ2v) is 19.5. The lowest BCUT2D eigenvalue weighted by atomic mass is 10.0. The van der Waals surface area contributed by atoms with E-state index in [1.807, 2.05) is 0 Å². The molecule has 0 saturated carbocycles. The summed E-state index contributed by atoms with van der Waals surface area (Å²) < 4.78 is 16.8. The lowest BCUT2D eigenvalue weighted by Crippen LogP contribution is -2.30. The van der Waals surface area contributed by atoms with Crippen molar-refractivity contribution < 1.29 is 28.6 Å². The quantitative estimate of drug-likeness (QED) is 0.0261. The first-order chi connectivity index (χ1) is 35.5.